The number of hydrogen-bond acceptors (Lipinski definition) is 6. The Hall–Kier alpha value is -1.40. The molecule has 0 saturated carbocycles. The number of nitrogens with zero attached hydrogens (tertiary/aromatic N) is 3. The van der Waals surface area contributed by atoms with Gasteiger partial charge in [-0.25, -0.2) is 9.97 Å². The molecule has 0 aliphatic carbocycles. The zero-order valence-corrected chi connectivity index (χ0v) is 12.6. The third kappa shape index (κ3) is 3.37. The molecule has 1 aliphatic rings. The van der Waals surface area contributed by atoms with E-state index in [-0.39, 0.29) is 0 Å². The van der Waals surface area contributed by atoms with E-state index >= 15 is 0 Å². The third-order valence-electron chi connectivity index (χ3n) is 3.84. The van der Waals surface area contributed by atoms with Crippen molar-refractivity contribution in [2.75, 3.05) is 33.9 Å². The van der Waals surface area contributed by atoms with E-state index in [1.807, 2.05) is 0 Å². The molecule has 1 aromatic rings. The van der Waals surface area contributed by atoms with Crippen LogP contribution in [0.15, 0.2) is 6.33 Å². The fraction of sp³-hybridized carbons (Fsp3) is 0.714. The third-order valence-corrected chi connectivity index (χ3v) is 3.84. The van der Waals surface area contributed by atoms with Gasteiger partial charge in [0.05, 0.1) is 19.8 Å². The van der Waals surface area contributed by atoms with Crippen molar-refractivity contribution < 1.29 is 9.47 Å². The first-order valence-electron chi connectivity index (χ1n) is 7.16. The molecule has 0 radical (unpaired) electrons. The molecule has 6 nitrogen and oxygen atoms in total. The highest BCUT2D eigenvalue weighted by Crippen LogP contribution is 2.23. The fourth-order valence-electron chi connectivity index (χ4n) is 2.79. The Morgan fingerprint density at radius 2 is 2.00 bits per heavy atom. The van der Waals surface area contributed by atoms with Gasteiger partial charge in [-0.3, -0.25) is 4.90 Å². The predicted molar refractivity (Wildman–Crippen MR) is 77.1 cm³/mol. The summed E-state index contributed by atoms with van der Waals surface area (Å²) in [7, 11) is 3.22. The Kier molecular flexibility index (Phi) is 5.55. The summed E-state index contributed by atoms with van der Waals surface area (Å²) in [6, 6.07) is 0.627. The molecule has 1 fully saturated rings. The van der Waals surface area contributed by atoms with Crippen LogP contribution in [0.25, 0.3) is 0 Å². The van der Waals surface area contributed by atoms with E-state index in [0.717, 1.165) is 18.7 Å². The summed E-state index contributed by atoms with van der Waals surface area (Å²) >= 11 is 0. The van der Waals surface area contributed by atoms with Crippen LogP contribution in [0.5, 0.6) is 11.8 Å². The molecular formula is C14H24N4O2. The normalized spacial score (nSPS) is 19.2. The molecule has 0 bridgehead atoms. The highest BCUT2D eigenvalue weighted by molar-refractivity contribution is 5.34. The smallest absolute Gasteiger partial charge is 0.224 e. The Morgan fingerprint density at radius 3 is 2.60 bits per heavy atom. The molecular weight excluding hydrogens is 256 g/mol. The van der Waals surface area contributed by atoms with Gasteiger partial charge in [-0.15, -0.1) is 0 Å². The van der Waals surface area contributed by atoms with Crippen molar-refractivity contribution in [2.24, 2.45) is 0 Å². The molecule has 1 aliphatic heterocycles. The van der Waals surface area contributed by atoms with Gasteiger partial charge in [-0.2, -0.15) is 0 Å². The maximum Gasteiger partial charge on any atom is 0.224 e. The number of rotatable bonds is 7. The fourth-order valence-corrected chi connectivity index (χ4v) is 2.79. The van der Waals surface area contributed by atoms with Crippen molar-refractivity contribution in [2.45, 2.75) is 32.4 Å². The highest BCUT2D eigenvalue weighted by atomic mass is 16.5. The van der Waals surface area contributed by atoms with Crippen LogP contribution in [-0.4, -0.2) is 54.8 Å². The van der Waals surface area contributed by atoms with E-state index in [1.54, 1.807) is 14.2 Å². The molecule has 1 aromatic heterocycles. The second kappa shape index (κ2) is 7.40. The van der Waals surface area contributed by atoms with Gasteiger partial charge in [0.25, 0.3) is 0 Å². The number of nitrogens with one attached hydrogen (secondary N) is 1. The first kappa shape index (κ1) is 15.0. The molecule has 1 unspecified atom stereocenters. The summed E-state index contributed by atoms with van der Waals surface area (Å²) in [6.07, 6.45) is 4.01. The molecule has 0 aromatic carbocycles. The molecule has 0 amide bonds. The quantitative estimate of drug-likeness (QED) is 0.806. The topological polar surface area (TPSA) is 59.5 Å². The lowest BCUT2D eigenvalue weighted by molar-refractivity contribution is 0.259. The molecule has 0 spiro atoms. The average Bonchev–Trinajstić information content (AvgIpc) is 2.94. The van der Waals surface area contributed by atoms with E-state index < -0.39 is 0 Å². The summed E-state index contributed by atoms with van der Waals surface area (Å²) in [5.74, 6) is 1.14. The van der Waals surface area contributed by atoms with Gasteiger partial charge in [-0.05, 0) is 25.9 Å². The zero-order valence-electron chi connectivity index (χ0n) is 12.6. The van der Waals surface area contributed by atoms with E-state index in [1.165, 1.54) is 25.7 Å². The minimum Gasteiger partial charge on any atom is -0.481 e. The van der Waals surface area contributed by atoms with Crippen molar-refractivity contribution in [1.29, 1.82) is 0 Å². The van der Waals surface area contributed by atoms with Crippen molar-refractivity contribution >= 4 is 0 Å². The predicted octanol–water partition coefficient (Wildman–Crippen LogP) is 1.07. The van der Waals surface area contributed by atoms with Gasteiger partial charge in [0.15, 0.2) is 0 Å². The monoisotopic (exact) mass is 280 g/mol. The van der Waals surface area contributed by atoms with E-state index in [0.29, 0.717) is 24.3 Å². The van der Waals surface area contributed by atoms with Gasteiger partial charge < -0.3 is 14.8 Å². The number of likely N-dealkylation sites (tertiary alicyclic amines) is 1. The lowest BCUT2D eigenvalue weighted by Crippen LogP contribution is -2.37. The average molecular weight is 280 g/mol. The zero-order chi connectivity index (χ0) is 14.4. The summed E-state index contributed by atoms with van der Waals surface area (Å²) in [5, 5.41) is 3.48. The Morgan fingerprint density at radius 1 is 1.30 bits per heavy atom. The van der Waals surface area contributed by atoms with Crippen molar-refractivity contribution in [1.82, 2.24) is 20.2 Å². The Bertz CT molecular complexity index is 405. The molecule has 6 heteroatoms. The Labute approximate surface area is 120 Å². The van der Waals surface area contributed by atoms with Gasteiger partial charge in [0, 0.05) is 19.1 Å². The molecule has 1 saturated heterocycles. The second-order valence-electron chi connectivity index (χ2n) is 4.93. The van der Waals surface area contributed by atoms with Crippen LogP contribution in [0, 0.1) is 0 Å². The maximum absolute atomic E-state index is 5.27. The van der Waals surface area contributed by atoms with Crippen LogP contribution in [-0.2, 0) is 6.54 Å². The van der Waals surface area contributed by atoms with Crippen LogP contribution in [0.1, 0.15) is 25.3 Å². The number of aromatic nitrogens is 2. The van der Waals surface area contributed by atoms with E-state index in [2.05, 4.69) is 27.1 Å². The summed E-state index contributed by atoms with van der Waals surface area (Å²) in [4.78, 5) is 10.8. The molecule has 20 heavy (non-hydrogen) atoms. The first-order chi connectivity index (χ1) is 9.80. The molecule has 1 N–H and O–H groups in total. The largest absolute Gasteiger partial charge is 0.481 e. The van der Waals surface area contributed by atoms with Gasteiger partial charge in [0.2, 0.25) is 11.8 Å². The van der Waals surface area contributed by atoms with Crippen LogP contribution in [0.4, 0.5) is 0 Å². The van der Waals surface area contributed by atoms with Crippen molar-refractivity contribution in [3.63, 3.8) is 0 Å². The van der Waals surface area contributed by atoms with Gasteiger partial charge >= 0.3 is 0 Å². The lowest BCUT2D eigenvalue weighted by Gasteiger charge is -2.23. The second-order valence-corrected chi connectivity index (χ2v) is 4.93. The molecule has 1 atom stereocenters. The Balaban J connectivity index is 1.93. The van der Waals surface area contributed by atoms with Crippen LogP contribution >= 0.6 is 0 Å². The summed E-state index contributed by atoms with van der Waals surface area (Å²) in [6.45, 7) is 6.17. The minimum atomic E-state index is 0.572. The minimum absolute atomic E-state index is 0.572. The number of hydrogen-bond donors (Lipinski definition) is 1. The molecule has 2 rings (SSSR count). The number of ether oxygens (including phenoxy) is 2. The van der Waals surface area contributed by atoms with Crippen LogP contribution in [0.2, 0.25) is 0 Å². The van der Waals surface area contributed by atoms with Crippen LogP contribution in [0.3, 0.4) is 0 Å². The molecule has 2 heterocycles. The SMILES string of the molecule is CCN1CCCC1CNCc1c(OC)ncnc1OC. The summed E-state index contributed by atoms with van der Waals surface area (Å²) < 4.78 is 10.5. The number of methoxy groups -OCH3 is 2. The van der Waals surface area contributed by atoms with E-state index in [9.17, 15) is 0 Å². The maximum atomic E-state index is 5.27. The number of likely N-dealkylation sites (N-methyl/N-ethyl adjacent to an activating group) is 1. The van der Waals surface area contributed by atoms with Crippen molar-refractivity contribution in [3.8, 4) is 11.8 Å². The standard InChI is InChI=1S/C14H24N4O2/c1-4-18-7-5-6-11(18)8-15-9-12-13(19-2)16-10-17-14(12)20-3/h10-11,15H,4-9H2,1-3H3. The first-order valence-corrected chi connectivity index (χ1v) is 7.16. The van der Waals surface area contributed by atoms with Crippen LogP contribution < -0.4 is 14.8 Å². The lowest BCUT2D eigenvalue weighted by atomic mass is 10.2. The molecule has 112 valence electrons. The van der Waals surface area contributed by atoms with E-state index in [4.69, 9.17) is 9.47 Å². The highest BCUT2D eigenvalue weighted by Gasteiger charge is 2.22. The van der Waals surface area contributed by atoms with Gasteiger partial charge in [0.1, 0.15) is 6.33 Å². The van der Waals surface area contributed by atoms with Crippen molar-refractivity contribution in [3.05, 3.63) is 11.9 Å². The summed E-state index contributed by atoms with van der Waals surface area (Å²) in [5.41, 5.74) is 0.874. The van der Waals surface area contributed by atoms with Gasteiger partial charge in [-0.1, -0.05) is 6.92 Å².